The summed E-state index contributed by atoms with van der Waals surface area (Å²) in [5.41, 5.74) is 2.51. The molecule has 0 amide bonds. The third-order valence-corrected chi connectivity index (χ3v) is 5.95. The molecule has 28 heavy (non-hydrogen) atoms. The molecule has 2 heterocycles. The lowest BCUT2D eigenvalue weighted by Gasteiger charge is -2.27. The number of nitrogens with zero attached hydrogens (tertiary/aromatic N) is 1. The Labute approximate surface area is 166 Å². The van der Waals surface area contributed by atoms with Gasteiger partial charge in [0.05, 0.1) is 20.6 Å². The second kappa shape index (κ2) is 8.23. The molecule has 0 N–H and O–H groups in total. The molecule has 0 aromatic heterocycles. The number of hydrogen-bond acceptors (Lipinski definition) is 5. The van der Waals surface area contributed by atoms with Crippen LogP contribution >= 0.6 is 0 Å². The average Bonchev–Trinajstić information content (AvgIpc) is 3.22. The van der Waals surface area contributed by atoms with Crippen LogP contribution in [-0.4, -0.2) is 43.8 Å². The molecule has 2 aromatic carbocycles. The van der Waals surface area contributed by atoms with Crippen molar-refractivity contribution in [2.24, 2.45) is 5.92 Å². The highest BCUT2D eigenvalue weighted by Crippen LogP contribution is 2.38. The minimum absolute atomic E-state index is 0.0339. The fraction of sp³-hybridized carbons (Fsp3) is 0.435. The summed E-state index contributed by atoms with van der Waals surface area (Å²) in [5, 5.41) is 0. The highest BCUT2D eigenvalue weighted by atomic mass is 16.6. The van der Waals surface area contributed by atoms with Gasteiger partial charge in [-0.1, -0.05) is 36.4 Å². The zero-order chi connectivity index (χ0) is 19.5. The Hall–Kier alpha value is -2.53. The Kier molecular flexibility index (Phi) is 5.53. The van der Waals surface area contributed by atoms with E-state index in [4.69, 9.17) is 14.2 Å². The van der Waals surface area contributed by atoms with Crippen molar-refractivity contribution in [1.82, 2.24) is 4.90 Å². The zero-order valence-corrected chi connectivity index (χ0v) is 16.5. The Balaban J connectivity index is 1.48. The van der Waals surface area contributed by atoms with Crippen LogP contribution in [-0.2, 0) is 22.5 Å². The lowest BCUT2D eigenvalue weighted by atomic mass is 9.91. The summed E-state index contributed by atoms with van der Waals surface area (Å²) in [7, 11) is 3.31. The van der Waals surface area contributed by atoms with Gasteiger partial charge < -0.3 is 14.2 Å². The summed E-state index contributed by atoms with van der Waals surface area (Å²) in [6, 6.07) is 16.9. The number of hydrogen-bond donors (Lipinski definition) is 0. The molecule has 2 aliphatic heterocycles. The van der Waals surface area contributed by atoms with Gasteiger partial charge in [0, 0.05) is 25.0 Å². The van der Waals surface area contributed by atoms with Crippen molar-refractivity contribution in [1.29, 1.82) is 0 Å². The topological polar surface area (TPSA) is 48.0 Å². The monoisotopic (exact) mass is 381 g/mol. The summed E-state index contributed by atoms with van der Waals surface area (Å²) in [5.74, 6) is 1.74. The molecule has 0 spiro atoms. The van der Waals surface area contributed by atoms with Gasteiger partial charge in [-0.2, -0.15) is 0 Å². The molecule has 2 aliphatic rings. The molecular formula is C23H27NO4. The molecule has 0 aliphatic carbocycles. The van der Waals surface area contributed by atoms with E-state index in [-0.39, 0.29) is 18.0 Å². The number of methoxy groups -OCH3 is 2. The van der Waals surface area contributed by atoms with Crippen molar-refractivity contribution >= 4 is 5.97 Å². The Morgan fingerprint density at radius 1 is 1.04 bits per heavy atom. The van der Waals surface area contributed by atoms with Gasteiger partial charge in [0.25, 0.3) is 0 Å². The highest BCUT2D eigenvalue weighted by molar-refractivity contribution is 5.72. The number of ether oxygens (including phenoxy) is 3. The maximum Gasteiger partial charge on any atom is 0.306 e. The van der Waals surface area contributed by atoms with E-state index >= 15 is 0 Å². The maximum absolute atomic E-state index is 11.8. The van der Waals surface area contributed by atoms with E-state index in [2.05, 4.69) is 35.2 Å². The smallest absolute Gasteiger partial charge is 0.306 e. The SMILES string of the molecule is COc1ccc(CC[C@H]2[C@H]3CC(=O)O[C@H]3CN2Cc2ccccc2)cc1OC. The molecule has 0 radical (unpaired) electrons. The molecular weight excluding hydrogens is 354 g/mol. The van der Waals surface area contributed by atoms with Crippen LogP contribution < -0.4 is 9.47 Å². The number of benzene rings is 2. The summed E-state index contributed by atoms with van der Waals surface area (Å²) in [4.78, 5) is 14.3. The summed E-state index contributed by atoms with van der Waals surface area (Å²) >= 11 is 0. The molecule has 4 rings (SSSR count). The summed E-state index contributed by atoms with van der Waals surface area (Å²) in [6.45, 7) is 1.71. The number of esters is 1. The van der Waals surface area contributed by atoms with Gasteiger partial charge in [-0.15, -0.1) is 0 Å². The Bertz CT molecular complexity index is 823. The van der Waals surface area contributed by atoms with E-state index < -0.39 is 0 Å². The molecule has 2 fully saturated rings. The molecule has 148 valence electrons. The van der Waals surface area contributed by atoms with Crippen LogP contribution in [0.4, 0.5) is 0 Å². The van der Waals surface area contributed by atoms with Gasteiger partial charge in [-0.25, -0.2) is 0 Å². The molecule has 0 bridgehead atoms. The van der Waals surface area contributed by atoms with Gasteiger partial charge >= 0.3 is 5.97 Å². The standard InChI is InChI=1S/C23H27NO4/c1-26-20-11-9-16(12-21(20)27-2)8-10-19-18-13-23(25)28-22(18)15-24(19)14-17-6-4-3-5-7-17/h3-7,9,11-12,18-19,22H,8,10,13-15H2,1-2H3/t18-,19+,22+/m1/s1. The third kappa shape index (κ3) is 3.85. The summed E-state index contributed by atoms with van der Waals surface area (Å²) in [6.07, 6.45) is 2.48. The molecule has 0 unspecified atom stereocenters. The first-order valence-electron chi connectivity index (χ1n) is 9.86. The van der Waals surface area contributed by atoms with E-state index in [1.54, 1.807) is 14.2 Å². The fourth-order valence-electron chi connectivity index (χ4n) is 4.57. The molecule has 5 nitrogen and oxygen atoms in total. The molecule has 2 saturated heterocycles. The van der Waals surface area contributed by atoms with Crippen LogP contribution in [0.5, 0.6) is 11.5 Å². The number of fused-ring (bicyclic) bond motifs is 1. The fourth-order valence-corrected chi connectivity index (χ4v) is 4.57. The second-order valence-corrected chi connectivity index (χ2v) is 7.61. The van der Waals surface area contributed by atoms with Gasteiger partial charge in [-0.05, 0) is 36.1 Å². The van der Waals surface area contributed by atoms with E-state index in [9.17, 15) is 4.79 Å². The Morgan fingerprint density at radius 2 is 1.82 bits per heavy atom. The predicted octanol–water partition coefficient (Wildman–Crippen LogP) is 3.45. The lowest BCUT2D eigenvalue weighted by molar-refractivity contribution is -0.141. The van der Waals surface area contributed by atoms with Gasteiger partial charge in [0.2, 0.25) is 0 Å². The first-order valence-corrected chi connectivity index (χ1v) is 9.86. The molecule has 5 heteroatoms. The van der Waals surface area contributed by atoms with Crippen LogP contribution in [0.2, 0.25) is 0 Å². The first-order chi connectivity index (χ1) is 13.7. The molecule has 0 saturated carbocycles. The normalized spacial score (nSPS) is 24.1. The van der Waals surface area contributed by atoms with E-state index in [1.165, 1.54) is 11.1 Å². The number of likely N-dealkylation sites (tertiary alicyclic amines) is 1. The Morgan fingerprint density at radius 3 is 2.57 bits per heavy atom. The quantitative estimate of drug-likeness (QED) is 0.688. The largest absolute Gasteiger partial charge is 0.493 e. The number of carbonyl (C=O) groups is 1. The van der Waals surface area contributed by atoms with Crippen molar-refractivity contribution in [2.45, 2.75) is 38.0 Å². The minimum atomic E-state index is -0.0505. The van der Waals surface area contributed by atoms with Gasteiger partial charge in [0.15, 0.2) is 11.5 Å². The highest BCUT2D eigenvalue weighted by Gasteiger charge is 2.48. The van der Waals surface area contributed by atoms with Crippen molar-refractivity contribution in [2.75, 3.05) is 20.8 Å². The van der Waals surface area contributed by atoms with Crippen LogP contribution in [0.15, 0.2) is 48.5 Å². The number of rotatable bonds is 7. The average molecular weight is 381 g/mol. The van der Waals surface area contributed by atoms with Crippen molar-refractivity contribution in [3.63, 3.8) is 0 Å². The predicted molar refractivity (Wildman–Crippen MR) is 106 cm³/mol. The van der Waals surface area contributed by atoms with E-state index in [1.807, 2.05) is 18.2 Å². The van der Waals surface area contributed by atoms with Gasteiger partial charge in [0.1, 0.15) is 6.10 Å². The van der Waals surface area contributed by atoms with Crippen molar-refractivity contribution in [3.05, 3.63) is 59.7 Å². The second-order valence-electron chi connectivity index (χ2n) is 7.61. The molecule has 3 atom stereocenters. The maximum atomic E-state index is 11.8. The van der Waals surface area contributed by atoms with Crippen molar-refractivity contribution < 1.29 is 19.0 Å². The van der Waals surface area contributed by atoms with E-state index in [0.717, 1.165) is 37.4 Å². The third-order valence-electron chi connectivity index (χ3n) is 5.95. The molecule has 2 aromatic rings. The van der Waals surface area contributed by atoms with Crippen LogP contribution in [0, 0.1) is 5.92 Å². The van der Waals surface area contributed by atoms with Crippen molar-refractivity contribution in [3.8, 4) is 11.5 Å². The van der Waals surface area contributed by atoms with Crippen LogP contribution in [0.1, 0.15) is 24.0 Å². The minimum Gasteiger partial charge on any atom is -0.493 e. The lowest BCUT2D eigenvalue weighted by Crippen LogP contribution is -2.33. The van der Waals surface area contributed by atoms with Crippen LogP contribution in [0.3, 0.4) is 0 Å². The van der Waals surface area contributed by atoms with Gasteiger partial charge in [-0.3, -0.25) is 9.69 Å². The summed E-state index contributed by atoms with van der Waals surface area (Å²) < 4.78 is 16.4. The van der Waals surface area contributed by atoms with Crippen LogP contribution in [0.25, 0.3) is 0 Å². The first kappa shape index (κ1) is 18.8. The van der Waals surface area contributed by atoms with E-state index in [0.29, 0.717) is 12.5 Å². The number of carbonyl (C=O) groups excluding carboxylic acids is 1. The zero-order valence-electron chi connectivity index (χ0n) is 16.5. The number of aryl methyl sites for hydroxylation is 1.